The summed E-state index contributed by atoms with van der Waals surface area (Å²) in [6.07, 6.45) is 6.31. The molecule has 2 unspecified atom stereocenters. The van der Waals surface area contributed by atoms with Gasteiger partial charge in [-0.05, 0) is 55.0 Å². The molecule has 1 amide bonds. The number of benzene rings is 1. The predicted octanol–water partition coefficient (Wildman–Crippen LogP) is 4.15. The molecule has 1 aliphatic rings. The minimum atomic E-state index is -3.57. The first-order chi connectivity index (χ1) is 14.9. The van der Waals surface area contributed by atoms with E-state index in [4.69, 9.17) is 0 Å². The minimum absolute atomic E-state index is 0.0513. The number of carbonyl (C=O) groups is 2. The molecule has 6 nitrogen and oxygen atoms in total. The topological polar surface area (TPSA) is 93.2 Å². The van der Waals surface area contributed by atoms with Gasteiger partial charge in [-0.15, -0.1) is 11.3 Å². The zero-order valence-corrected chi connectivity index (χ0v) is 18.8. The van der Waals surface area contributed by atoms with Gasteiger partial charge >= 0.3 is 0 Å². The molecule has 0 aliphatic heterocycles. The lowest BCUT2D eigenvalue weighted by Gasteiger charge is -2.29. The highest BCUT2D eigenvalue weighted by molar-refractivity contribution is 7.92. The molecule has 0 spiro atoms. The molecule has 31 heavy (non-hydrogen) atoms. The maximum absolute atomic E-state index is 13.1. The molecule has 1 saturated carbocycles. The lowest BCUT2D eigenvalue weighted by Crippen LogP contribution is -2.36. The third kappa shape index (κ3) is 4.55. The molecular weight excluding hydrogens is 432 g/mol. The normalized spacial score (nSPS) is 19.3. The summed E-state index contributed by atoms with van der Waals surface area (Å²) in [5.41, 5.74) is 0.807. The zero-order valence-electron chi connectivity index (χ0n) is 17.2. The van der Waals surface area contributed by atoms with Crippen molar-refractivity contribution in [3.8, 4) is 0 Å². The molecule has 3 aromatic rings. The van der Waals surface area contributed by atoms with Crippen molar-refractivity contribution in [3.63, 3.8) is 0 Å². The van der Waals surface area contributed by atoms with Crippen molar-refractivity contribution in [1.82, 2.24) is 10.3 Å². The third-order valence-electron chi connectivity index (χ3n) is 5.88. The van der Waals surface area contributed by atoms with E-state index in [0.29, 0.717) is 24.3 Å². The van der Waals surface area contributed by atoms with Gasteiger partial charge in [0, 0.05) is 24.9 Å². The van der Waals surface area contributed by atoms with Crippen LogP contribution in [0.3, 0.4) is 0 Å². The number of hydrogen-bond donors (Lipinski definition) is 1. The Balaban J connectivity index is 1.44. The number of pyridine rings is 1. The number of ketones is 1. The number of nitrogens with one attached hydrogen (secondary N) is 1. The second-order valence-corrected chi connectivity index (χ2v) is 11.2. The molecule has 1 N–H and O–H groups in total. The number of rotatable bonds is 6. The first kappa shape index (κ1) is 21.6. The number of nitrogens with zero attached hydrogens (tertiary/aromatic N) is 1. The highest BCUT2D eigenvalue weighted by Gasteiger charge is 2.38. The van der Waals surface area contributed by atoms with Gasteiger partial charge in [-0.2, -0.15) is 0 Å². The summed E-state index contributed by atoms with van der Waals surface area (Å²) in [5.74, 6) is -0.650. The van der Waals surface area contributed by atoms with Crippen molar-refractivity contribution in [2.45, 2.75) is 49.3 Å². The Labute approximate surface area is 185 Å². The zero-order chi connectivity index (χ0) is 22.0. The summed E-state index contributed by atoms with van der Waals surface area (Å²) in [6.45, 7) is 1.78. The van der Waals surface area contributed by atoms with Crippen molar-refractivity contribution in [2.75, 3.05) is 0 Å². The number of amides is 1. The number of aromatic nitrogens is 1. The first-order valence-corrected chi connectivity index (χ1v) is 12.7. The number of carbonyl (C=O) groups excluding carboxylic acids is 2. The van der Waals surface area contributed by atoms with Crippen LogP contribution in [0.2, 0.25) is 0 Å². The Morgan fingerprint density at radius 2 is 1.87 bits per heavy atom. The number of sulfone groups is 1. The lowest BCUT2D eigenvalue weighted by atomic mass is 9.86. The fourth-order valence-corrected chi connectivity index (χ4v) is 7.22. The number of hydrogen-bond acceptors (Lipinski definition) is 6. The van der Waals surface area contributed by atoms with Crippen LogP contribution in [0, 0.1) is 5.92 Å². The van der Waals surface area contributed by atoms with E-state index in [2.05, 4.69) is 10.3 Å². The van der Waals surface area contributed by atoms with Gasteiger partial charge in [-0.25, -0.2) is 8.42 Å². The smallest absolute Gasteiger partial charge is 0.261 e. The number of thiophene rings is 1. The van der Waals surface area contributed by atoms with Crippen LogP contribution in [0.15, 0.2) is 53.7 Å². The van der Waals surface area contributed by atoms with Gasteiger partial charge in [0.05, 0.1) is 19.7 Å². The fourth-order valence-electron chi connectivity index (χ4n) is 4.17. The molecule has 2 heterocycles. The van der Waals surface area contributed by atoms with Crippen LogP contribution in [0.25, 0.3) is 10.1 Å². The fraction of sp³-hybridized carbons (Fsp3) is 0.348. The minimum Gasteiger partial charge on any atom is -0.347 e. The monoisotopic (exact) mass is 456 g/mol. The molecule has 0 radical (unpaired) electrons. The molecule has 8 heteroatoms. The molecule has 2 atom stereocenters. The second-order valence-electron chi connectivity index (χ2n) is 7.94. The average molecular weight is 457 g/mol. The van der Waals surface area contributed by atoms with Crippen molar-refractivity contribution in [3.05, 3.63) is 59.2 Å². The van der Waals surface area contributed by atoms with Gasteiger partial charge in [0.15, 0.2) is 9.84 Å². The summed E-state index contributed by atoms with van der Waals surface area (Å²) in [6, 6.07) is 10.3. The molecule has 2 aromatic heterocycles. The number of Topliss-reactive ketones (excluding diaryl/α,β-unsaturated/α-hetero) is 1. The molecule has 162 valence electrons. The van der Waals surface area contributed by atoms with Gasteiger partial charge in [0.25, 0.3) is 5.91 Å². The van der Waals surface area contributed by atoms with Gasteiger partial charge < -0.3 is 5.32 Å². The predicted molar refractivity (Wildman–Crippen MR) is 121 cm³/mol. The van der Waals surface area contributed by atoms with Gasteiger partial charge in [-0.1, -0.05) is 25.0 Å². The second kappa shape index (κ2) is 8.88. The summed E-state index contributed by atoms with van der Waals surface area (Å²) in [5, 5.41) is 3.21. The highest BCUT2D eigenvalue weighted by Crippen LogP contribution is 2.34. The van der Waals surface area contributed by atoms with E-state index >= 15 is 0 Å². The van der Waals surface area contributed by atoms with E-state index in [0.717, 1.165) is 28.5 Å². The van der Waals surface area contributed by atoms with Crippen LogP contribution in [0.5, 0.6) is 0 Å². The van der Waals surface area contributed by atoms with Gasteiger partial charge in [0.2, 0.25) is 0 Å². The summed E-state index contributed by atoms with van der Waals surface area (Å²) >= 11 is 1.38. The van der Waals surface area contributed by atoms with E-state index in [-0.39, 0.29) is 16.6 Å². The van der Waals surface area contributed by atoms with Crippen LogP contribution in [-0.4, -0.2) is 30.3 Å². The highest BCUT2D eigenvalue weighted by atomic mass is 32.2. The van der Waals surface area contributed by atoms with E-state index in [1.54, 1.807) is 36.7 Å². The lowest BCUT2D eigenvalue weighted by molar-refractivity contribution is -0.121. The Kier molecular flexibility index (Phi) is 6.20. The Hall–Kier alpha value is -2.58. The van der Waals surface area contributed by atoms with Crippen LogP contribution in [0.4, 0.5) is 0 Å². The van der Waals surface area contributed by atoms with Crippen molar-refractivity contribution < 1.29 is 18.0 Å². The summed E-state index contributed by atoms with van der Waals surface area (Å²) in [4.78, 5) is 29.3. The SMILES string of the molecule is CC(=O)C1CCCCC1S(=O)(=O)c1ccc(CNC(=O)c2cc3ccncc3s2)cc1. The van der Waals surface area contributed by atoms with Crippen LogP contribution in [-0.2, 0) is 21.2 Å². The molecular formula is C23H24N2O4S2. The Morgan fingerprint density at radius 1 is 1.13 bits per heavy atom. The van der Waals surface area contributed by atoms with E-state index in [9.17, 15) is 18.0 Å². The van der Waals surface area contributed by atoms with Crippen LogP contribution >= 0.6 is 11.3 Å². The largest absolute Gasteiger partial charge is 0.347 e. The third-order valence-corrected chi connectivity index (χ3v) is 9.25. The molecule has 4 rings (SSSR count). The quantitative estimate of drug-likeness (QED) is 0.601. The summed E-state index contributed by atoms with van der Waals surface area (Å²) in [7, 11) is -3.57. The van der Waals surface area contributed by atoms with Crippen LogP contribution < -0.4 is 5.32 Å². The maximum atomic E-state index is 13.1. The van der Waals surface area contributed by atoms with E-state index in [1.807, 2.05) is 12.1 Å². The molecule has 1 aliphatic carbocycles. The van der Waals surface area contributed by atoms with Crippen LogP contribution in [0.1, 0.15) is 47.8 Å². The number of fused-ring (bicyclic) bond motifs is 1. The Bertz CT molecular complexity index is 1180. The molecule has 1 aromatic carbocycles. The molecule has 1 fully saturated rings. The summed E-state index contributed by atoms with van der Waals surface area (Å²) < 4.78 is 27.2. The molecule has 0 bridgehead atoms. The first-order valence-electron chi connectivity index (χ1n) is 10.3. The van der Waals surface area contributed by atoms with Crippen molar-refractivity contribution in [2.24, 2.45) is 5.92 Å². The Morgan fingerprint density at radius 3 is 2.58 bits per heavy atom. The van der Waals surface area contributed by atoms with Gasteiger partial charge in [0.1, 0.15) is 5.78 Å². The van der Waals surface area contributed by atoms with E-state index in [1.165, 1.54) is 18.3 Å². The van der Waals surface area contributed by atoms with Gasteiger partial charge in [-0.3, -0.25) is 14.6 Å². The molecule has 0 saturated heterocycles. The van der Waals surface area contributed by atoms with Crippen molar-refractivity contribution >= 4 is 43.0 Å². The maximum Gasteiger partial charge on any atom is 0.261 e. The van der Waals surface area contributed by atoms with Crippen molar-refractivity contribution in [1.29, 1.82) is 0 Å². The van der Waals surface area contributed by atoms with E-state index < -0.39 is 21.0 Å². The average Bonchev–Trinajstić information content (AvgIpc) is 3.22. The standard InChI is InChI=1S/C23H24N2O4S2/c1-15(26)19-4-2-3-5-22(19)31(28,29)18-8-6-16(7-9-18)13-25-23(27)20-12-17-10-11-24-14-21(17)30-20/h6-12,14,19,22H,2-5,13H2,1H3,(H,25,27).